The fourth-order valence-corrected chi connectivity index (χ4v) is 5.01. The smallest absolute Gasteiger partial charge is 0.338 e. The molecule has 0 aliphatic carbocycles. The highest BCUT2D eigenvalue weighted by Gasteiger charge is 2.29. The summed E-state index contributed by atoms with van der Waals surface area (Å²) in [5, 5.41) is 0. The fraction of sp³-hybridized carbons (Fsp3) is 0.391. The molecular weight excluding hydrogens is 416 g/mol. The summed E-state index contributed by atoms with van der Waals surface area (Å²) < 4.78 is 33.1. The summed E-state index contributed by atoms with van der Waals surface area (Å²) in [6, 6.07) is 12.8. The van der Waals surface area contributed by atoms with Gasteiger partial charge in [-0.3, -0.25) is 9.52 Å². The van der Waals surface area contributed by atoms with Gasteiger partial charge in [0.05, 0.1) is 10.5 Å². The maximum absolute atomic E-state index is 12.7. The molecule has 2 unspecified atom stereocenters. The van der Waals surface area contributed by atoms with E-state index in [0.29, 0.717) is 5.69 Å². The van der Waals surface area contributed by atoms with Crippen LogP contribution in [0.3, 0.4) is 0 Å². The molecule has 7 nitrogen and oxygen atoms in total. The van der Waals surface area contributed by atoms with Gasteiger partial charge in [0.2, 0.25) is 0 Å². The fourth-order valence-electron chi connectivity index (χ4n) is 3.91. The zero-order valence-electron chi connectivity index (χ0n) is 18.0. The van der Waals surface area contributed by atoms with E-state index < -0.39 is 16.0 Å². The number of nitrogens with zero attached hydrogens (tertiary/aromatic N) is 1. The summed E-state index contributed by atoms with van der Waals surface area (Å²) in [6.07, 6.45) is 2.93. The van der Waals surface area contributed by atoms with E-state index in [1.165, 1.54) is 24.3 Å². The topological polar surface area (TPSA) is 92.8 Å². The Labute approximate surface area is 183 Å². The lowest BCUT2D eigenvalue weighted by atomic mass is 9.97. The molecule has 31 heavy (non-hydrogen) atoms. The van der Waals surface area contributed by atoms with Crippen LogP contribution in [-0.2, 0) is 19.6 Å². The first-order valence-electron chi connectivity index (χ1n) is 10.4. The lowest BCUT2D eigenvalue weighted by molar-refractivity contribution is -0.140. The number of sulfonamides is 1. The second-order valence-electron chi connectivity index (χ2n) is 8.01. The Morgan fingerprint density at radius 3 is 2.42 bits per heavy atom. The van der Waals surface area contributed by atoms with E-state index in [0.717, 1.165) is 24.8 Å². The van der Waals surface area contributed by atoms with Crippen LogP contribution in [0.1, 0.15) is 49.0 Å². The summed E-state index contributed by atoms with van der Waals surface area (Å²) in [4.78, 5) is 26.7. The number of rotatable bonds is 6. The number of likely N-dealkylation sites (tertiary alicyclic amines) is 1. The molecule has 1 aliphatic rings. The van der Waals surface area contributed by atoms with Gasteiger partial charge >= 0.3 is 5.97 Å². The molecular formula is C23H28N2O5S. The Hall–Kier alpha value is -2.87. The van der Waals surface area contributed by atoms with Crippen LogP contribution in [0.15, 0.2) is 53.4 Å². The van der Waals surface area contributed by atoms with E-state index in [1.54, 1.807) is 23.1 Å². The van der Waals surface area contributed by atoms with E-state index in [1.807, 2.05) is 26.8 Å². The number of hydrogen-bond acceptors (Lipinski definition) is 5. The van der Waals surface area contributed by atoms with Crippen LogP contribution in [-0.4, -0.2) is 43.9 Å². The first-order valence-corrected chi connectivity index (χ1v) is 11.8. The zero-order valence-corrected chi connectivity index (χ0v) is 18.8. The maximum Gasteiger partial charge on any atom is 0.338 e. The van der Waals surface area contributed by atoms with Gasteiger partial charge < -0.3 is 9.64 Å². The summed E-state index contributed by atoms with van der Waals surface area (Å²) in [5.74, 6) is -0.976. The van der Waals surface area contributed by atoms with Gasteiger partial charge in [-0.25, -0.2) is 13.2 Å². The quantitative estimate of drug-likeness (QED) is 0.685. The number of anilines is 1. The van der Waals surface area contributed by atoms with Gasteiger partial charge in [-0.15, -0.1) is 0 Å². The number of benzene rings is 2. The van der Waals surface area contributed by atoms with Crippen molar-refractivity contribution >= 4 is 27.6 Å². The molecule has 0 spiro atoms. The minimum Gasteiger partial charge on any atom is -0.452 e. The summed E-state index contributed by atoms with van der Waals surface area (Å²) >= 11 is 0. The molecule has 1 amide bonds. The number of ether oxygens (including phenoxy) is 1. The lowest BCUT2D eigenvalue weighted by Crippen LogP contribution is -2.49. The van der Waals surface area contributed by atoms with Crippen molar-refractivity contribution in [1.29, 1.82) is 0 Å². The molecule has 2 aromatic carbocycles. The number of carbonyl (C=O) groups is 2. The van der Waals surface area contributed by atoms with Crippen molar-refractivity contribution in [3.8, 4) is 0 Å². The minimum absolute atomic E-state index is 0.0620. The zero-order chi connectivity index (χ0) is 22.6. The molecule has 0 saturated carbocycles. The predicted octanol–water partition coefficient (Wildman–Crippen LogP) is 3.74. The second-order valence-corrected chi connectivity index (χ2v) is 9.69. The Morgan fingerprint density at radius 1 is 1.06 bits per heavy atom. The van der Waals surface area contributed by atoms with Crippen molar-refractivity contribution in [3.63, 3.8) is 0 Å². The Morgan fingerprint density at radius 2 is 1.74 bits per heavy atom. The number of nitrogens with one attached hydrogen (secondary N) is 1. The van der Waals surface area contributed by atoms with Crippen molar-refractivity contribution < 1.29 is 22.7 Å². The third-order valence-electron chi connectivity index (χ3n) is 5.46. The second kappa shape index (κ2) is 9.51. The van der Waals surface area contributed by atoms with Gasteiger partial charge in [0.25, 0.3) is 15.9 Å². The maximum atomic E-state index is 12.7. The first-order chi connectivity index (χ1) is 14.7. The van der Waals surface area contributed by atoms with E-state index in [9.17, 15) is 18.0 Å². The van der Waals surface area contributed by atoms with Crippen molar-refractivity contribution in [2.24, 2.45) is 0 Å². The van der Waals surface area contributed by atoms with Crippen LogP contribution < -0.4 is 4.72 Å². The molecule has 3 rings (SSSR count). The number of esters is 1. The minimum atomic E-state index is -3.88. The van der Waals surface area contributed by atoms with Crippen molar-refractivity contribution in [3.05, 3.63) is 59.7 Å². The third kappa shape index (κ3) is 5.64. The van der Waals surface area contributed by atoms with Gasteiger partial charge in [0, 0.05) is 17.8 Å². The lowest BCUT2D eigenvalue weighted by Gasteiger charge is -2.38. The van der Waals surface area contributed by atoms with Gasteiger partial charge in [-0.2, -0.15) is 0 Å². The third-order valence-corrected chi connectivity index (χ3v) is 6.84. The van der Waals surface area contributed by atoms with Crippen LogP contribution >= 0.6 is 0 Å². The first kappa shape index (κ1) is 22.8. The molecule has 2 aromatic rings. The normalized spacial score (nSPS) is 19.0. The van der Waals surface area contributed by atoms with Crippen molar-refractivity contribution in [2.45, 2.75) is 57.0 Å². The van der Waals surface area contributed by atoms with E-state index in [2.05, 4.69) is 4.72 Å². The number of amides is 1. The van der Waals surface area contributed by atoms with E-state index in [-0.39, 0.29) is 35.1 Å². The van der Waals surface area contributed by atoms with E-state index >= 15 is 0 Å². The van der Waals surface area contributed by atoms with Crippen molar-refractivity contribution in [1.82, 2.24) is 4.90 Å². The molecule has 1 N–H and O–H groups in total. The molecule has 0 radical (unpaired) electrons. The number of hydrogen-bond donors (Lipinski definition) is 1. The van der Waals surface area contributed by atoms with Gasteiger partial charge in [-0.05, 0) is 75.9 Å². The number of piperidine rings is 1. The molecule has 1 fully saturated rings. The Kier molecular flexibility index (Phi) is 7.00. The van der Waals surface area contributed by atoms with Crippen LogP contribution in [0.4, 0.5) is 5.69 Å². The number of aryl methyl sites for hydroxylation is 1. The standard InChI is InChI=1S/C23H28N2O5S/c1-16-7-4-11-20(13-16)24-31(28,29)21-12-6-10-19(14-21)23(27)30-15-22(26)25-17(2)8-5-9-18(25)3/h4,6-7,10-14,17-18,24H,5,8-9,15H2,1-3H3. The molecule has 166 valence electrons. The van der Waals surface area contributed by atoms with Crippen LogP contribution in [0.25, 0.3) is 0 Å². The Bertz CT molecular complexity index is 1060. The molecule has 1 saturated heterocycles. The van der Waals surface area contributed by atoms with Crippen LogP contribution in [0.2, 0.25) is 0 Å². The SMILES string of the molecule is Cc1cccc(NS(=O)(=O)c2cccc(C(=O)OCC(=O)N3C(C)CCCC3C)c2)c1. The van der Waals surface area contributed by atoms with E-state index in [4.69, 9.17) is 4.74 Å². The Balaban J connectivity index is 1.67. The van der Waals surface area contributed by atoms with Gasteiger partial charge in [0.1, 0.15) is 0 Å². The van der Waals surface area contributed by atoms with Crippen LogP contribution in [0, 0.1) is 6.92 Å². The summed E-state index contributed by atoms with van der Waals surface area (Å²) in [5.41, 5.74) is 1.42. The highest BCUT2D eigenvalue weighted by molar-refractivity contribution is 7.92. The average Bonchev–Trinajstić information content (AvgIpc) is 2.71. The molecule has 2 atom stereocenters. The van der Waals surface area contributed by atoms with Gasteiger partial charge in [0.15, 0.2) is 6.61 Å². The highest BCUT2D eigenvalue weighted by atomic mass is 32.2. The van der Waals surface area contributed by atoms with Gasteiger partial charge in [-0.1, -0.05) is 18.2 Å². The number of carbonyl (C=O) groups excluding carboxylic acids is 2. The predicted molar refractivity (Wildman–Crippen MR) is 118 cm³/mol. The molecule has 8 heteroatoms. The summed E-state index contributed by atoms with van der Waals surface area (Å²) in [6.45, 7) is 5.48. The largest absolute Gasteiger partial charge is 0.452 e. The molecule has 0 aromatic heterocycles. The highest BCUT2D eigenvalue weighted by Crippen LogP contribution is 2.23. The molecule has 0 bridgehead atoms. The summed E-state index contributed by atoms with van der Waals surface area (Å²) in [7, 11) is -3.88. The monoisotopic (exact) mass is 444 g/mol. The average molecular weight is 445 g/mol. The van der Waals surface area contributed by atoms with Crippen molar-refractivity contribution in [2.75, 3.05) is 11.3 Å². The molecule has 1 heterocycles. The molecule has 1 aliphatic heterocycles. The van der Waals surface area contributed by atoms with Crippen LogP contribution in [0.5, 0.6) is 0 Å².